The number of rotatable bonds is 3. The summed E-state index contributed by atoms with van der Waals surface area (Å²) in [6.45, 7) is 3.52. The number of carbonyl (C=O) groups excluding carboxylic acids is 2. The number of nitrogens with one attached hydrogen (secondary N) is 2. The van der Waals surface area contributed by atoms with E-state index >= 15 is 0 Å². The average Bonchev–Trinajstić information content (AvgIpc) is 3.19. The zero-order valence-electron chi connectivity index (χ0n) is 15.5. The number of nitrogen functional groups attached to an aromatic ring is 1. The highest BCUT2D eigenvalue weighted by molar-refractivity contribution is 6.31. The van der Waals surface area contributed by atoms with Gasteiger partial charge in [0.25, 0.3) is 0 Å². The molecule has 8 nitrogen and oxygen atoms in total. The van der Waals surface area contributed by atoms with Crippen molar-refractivity contribution in [3.05, 3.63) is 34.3 Å². The molecule has 2 aliphatic rings. The van der Waals surface area contributed by atoms with Crippen LogP contribution in [-0.4, -0.2) is 34.9 Å². The Morgan fingerprint density at radius 1 is 1.32 bits per heavy atom. The second-order valence-corrected chi connectivity index (χ2v) is 7.48. The maximum atomic E-state index is 13.0. The van der Waals surface area contributed by atoms with Gasteiger partial charge in [-0.05, 0) is 37.5 Å². The van der Waals surface area contributed by atoms with Crippen molar-refractivity contribution >= 4 is 46.7 Å². The molecule has 0 radical (unpaired) electrons. The van der Waals surface area contributed by atoms with Crippen molar-refractivity contribution in [2.45, 2.75) is 32.1 Å². The van der Waals surface area contributed by atoms with E-state index in [1.165, 1.54) is 0 Å². The lowest BCUT2D eigenvalue weighted by Gasteiger charge is -2.27. The first-order valence-electron chi connectivity index (χ1n) is 9.22. The van der Waals surface area contributed by atoms with E-state index in [2.05, 4.69) is 20.6 Å². The number of halogens is 1. The van der Waals surface area contributed by atoms with Crippen LogP contribution in [-0.2, 0) is 9.59 Å². The molecule has 0 bridgehead atoms. The smallest absolute Gasteiger partial charge is 0.232 e. The van der Waals surface area contributed by atoms with Crippen LogP contribution in [0, 0.1) is 6.92 Å². The molecular formula is C19H21ClN6O2. The monoisotopic (exact) mass is 400 g/mol. The third-order valence-corrected chi connectivity index (χ3v) is 5.60. The maximum Gasteiger partial charge on any atom is 0.232 e. The SMILES string of the molecule is Cc1c(Cl)cccc1NC(=O)[C@@H]1CC(=O)Nc2nc(N3CCCC3)nc(N)c21. The van der Waals surface area contributed by atoms with Crippen LogP contribution < -0.4 is 21.3 Å². The predicted octanol–water partition coefficient (Wildman–Crippen LogP) is 2.69. The average molecular weight is 401 g/mol. The zero-order valence-corrected chi connectivity index (χ0v) is 16.2. The van der Waals surface area contributed by atoms with Crippen LogP contribution in [0.1, 0.15) is 36.3 Å². The Kier molecular flexibility index (Phi) is 4.80. The standard InChI is InChI=1S/C19H21ClN6O2/c1-10-12(20)5-4-6-13(10)22-18(28)11-9-14(27)23-17-15(11)16(21)24-19(25-17)26-7-2-3-8-26/h4-6,11H,2-3,7-9H2,1H3,(H,22,28)(H3,21,23,24,25,27)/t11-/m1/s1. The molecule has 4 rings (SSSR count). The highest BCUT2D eigenvalue weighted by Gasteiger charge is 2.35. The number of carbonyl (C=O) groups is 2. The van der Waals surface area contributed by atoms with Gasteiger partial charge in [-0.1, -0.05) is 17.7 Å². The van der Waals surface area contributed by atoms with Gasteiger partial charge >= 0.3 is 0 Å². The second kappa shape index (κ2) is 7.27. The van der Waals surface area contributed by atoms with E-state index < -0.39 is 5.92 Å². The lowest BCUT2D eigenvalue weighted by molar-refractivity contribution is -0.123. The summed E-state index contributed by atoms with van der Waals surface area (Å²) in [5.41, 5.74) is 8.01. The van der Waals surface area contributed by atoms with Crippen LogP contribution in [0.4, 0.5) is 23.3 Å². The fourth-order valence-corrected chi connectivity index (χ4v) is 3.80. The minimum Gasteiger partial charge on any atom is -0.383 e. The van der Waals surface area contributed by atoms with Gasteiger partial charge in [0.05, 0.1) is 11.5 Å². The molecule has 0 aliphatic carbocycles. The van der Waals surface area contributed by atoms with Crippen molar-refractivity contribution in [3.8, 4) is 0 Å². The number of nitrogens with zero attached hydrogens (tertiary/aromatic N) is 3. The van der Waals surface area contributed by atoms with E-state index in [0.717, 1.165) is 31.5 Å². The zero-order chi connectivity index (χ0) is 19.8. The first-order valence-corrected chi connectivity index (χ1v) is 9.60. The molecule has 2 amide bonds. The molecule has 28 heavy (non-hydrogen) atoms. The molecule has 146 valence electrons. The molecule has 1 atom stereocenters. The maximum absolute atomic E-state index is 13.0. The number of nitrogens with two attached hydrogens (primary N) is 1. The molecule has 1 fully saturated rings. The molecule has 0 spiro atoms. The summed E-state index contributed by atoms with van der Waals surface area (Å²) < 4.78 is 0. The van der Waals surface area contributed by atoms with Crippen molar-refractivity contribution in [2.75, 3.05) is 34.4 Å². The topological polar surface area (TPSA) is 113 Å². The van der Waals surface area contributed by atoms with Crippen molar-refractivity contribution in [1.82, 2.24) is 9.97 Å². The van der Waals surface area contributed by atoms with Crippen LogP contribution in [0.2, 0.25) is 5.02 Å². The Balaban J connectivity index is 1.67. The second-order valence-electron chi connectivity index (χ2n) is 7.07. The van der Waals surface area contributed by atoms with Gasteiger partial charge in [-0.3, -0.25) is 9.59 Å². The van der Waals surface area contributed by atoms with Crippen molar-refractivity contribution in [2.24, 2.45) is 0 Å². The van der Waals surface area contributed by atoms with Crippen LogP contribution in [0.3, 0.4) is 0 Å². The molecule has 2 aliphatic heterocycles. The van der Waals surface area contributed by atoms with Crippen LogP contribution in [0.5, 0.6) is 0 Å². The van der Waals surface area contributed by atoms with Gasteiger partial charge in [-0.2, -0.15) is 9.97 Å². The van der Waals surface area contributed by atoms with Crippen LogP contribution in [0.15, 0.2) is 18.2 Å². The predicted molar refractivity (Wildman–Crippen MR) is 109 cm³/mol. The van der Waals surface area contributed by atoms with E-state index in [0.29, 0.717) is 28.0 Å². The molecule has 1 aromatic carbocycles. The summed E-state index contributed by atoms with van der Waals surface area (Å²) in [7, 11) is 0. The lowest BCUT2D eigenvalue weighted by Crippen LogP contribution is -2.33. The molecule has 3 heterocycles. The van der Waals surface area contributed by atoms with Crippen molar-refractivity contribution in [1.29, 1.82) is 0 Å². The molecule has 0 saturated carbocycles. The summed E-state index contributed by atoms with van der Waals surface area (Å²) in [6, 6.07) is 5.27. The number of aromatic nitrogens is 2. The number of fused-ring (bicyclic) bond motifs is 1. The lowest BCUT2D eigenvalue weighted by atomic mass is 9.91. The summed E-state index contributed by atoms with van der Waals surface area (Å²) in [4.78, 5) is 36.1. The summed E-state index contributed by atoms with van der Waals surface area (Å²) >= 11 is 6.13. The number of hydrogen-bond donors (Lipinski definition) is 3. The summed E-state index contributed by atoms with van der Waals surface area (Å²) in [5, 5.41) is 6.14. The molecule has 0 unspecified atom stereocenters. The van der Waals surface area contributed by atoms with E-state index in [1.54, 1.807) is 18.2 Å². The molecule has 9 heteroatoms. The molecule has 1 aromatic heterocycles. The van der Waals surface area contributed by atoms with Gasteiger partial charge in [0.15, 0.2) is 0 Å². The molecular weight excluding hydrogens is 380 g/mol. The normalized spacial score (nSPS) is 18.6. The molecule has 4 N–H and O–H groups in total. The van der Waals surface area contributed by atoms with E-state index in [-0.39, 0.29) is 24.1 Å². The van der Waals surface area contributed by atoms with Gasteiger partial charge in [0.2, 0.25) is 17.8 Å². The first kappa shape index (κ1) is 18.5. The molecule has 2 aromatic rings. The summed E-state index contributed by atoms with van der Waals surface area (Å²) in [6.07, 6.45) is 2.11. The van der Waals surface area contributed by atoms with Crippen LogP contribution >= 0.6 is 11.6 Å². The van der Waals surface area contributed by atoms with Crippen LogP contribution in [0.25, 0.3) is 0 Å². The highest BCUT2D eigenvalue weighted by Crippen LogP contribution is 2.37. The Bertz CT molecular complexity index is 958. The Labute approximate surface area is 167 Å². The Morgan fingerprint density at radius 3 is 2.82 bits per heavy atom. The molecule has 1 saturated heterocycles. The van der Waals surface area contributed by atoms with E-state index in [4.69, 9.17) is 17.3 Å². The van der Waals surface area contributed by atoms with E-state index in [1.807, 2.05) is 11.8 Å². The van der Waals surface area contributed by atoms with E-state index in [9.17, 15) is 9.59 Å². The minimum absolute atomic E-state index is 0.0188. The van der Waals surface area contributed by atoms with Gasteiger partial charge in [0, 0.05) is 30.2 Å². The Hall–Kier alpha value is -2.87. The minimum atomic E-state index is -0.769. The van der Waals surface area contributed by atoms with Crippen molar-refractivity contribution < 1.29 is 9.59 Å². The van der Waals surface area contributed by atoms with Gasteiger partial charge in [0.1, 0.15) is 11.6 Å². The first-order chi connectivity index (χ1) is 13.4. The van der Waals surface area contributed by atoms with Gasteiger partial charge in [-0.15, -0.1) is 0 Å². The number of benzene rings is 1. The van der Waals surface area contributed by atoms with Gasteiger partial charge in [-0.25, -0.2) is 0 Å². The van der Waals surface area contributed by atoms with Crippen molar-refractivity contribution in [3.63, 3.8) is 0 Å². The quantitative estimate of drug-likeness (QED) is 0.730. The third kappa shape index (κ3) is 3.35. The Morgan fingerprint density at radius 2 is 2.07 bits per heavy atom. The largest absolute Gasteiger partial charge is 0.383 e. The number of anilines is 4. The number of amides is 2. The third-order valence-electron chi connectivity index (χ3n) is 5.19. The van der Waals surface area contributed by atoms with Gasteiger partial charge < -0.3 is 21.3 Å². The fourth-order valence-electron chi connectivity index (χ4n) is 3.63. The number of hydrogen-bond acceptors (Lipinski definition) is 6. The summed E-state index contributed by atoms with van der Waals surface area (Å²) in [5.74, 6) is -0.370. The highest BCUT2D eigenvalue weighted by atomic mass is 35.5. The fraction of sp³-hybridized carbons (Fsp3) is 0.368.